The molecule has 1 N–H and O–H groups in total. The van der Waals surface area contributed by atoms with Crippen molar-refractivity contribution in [3.05, 3.63) is 18.2 Å². The summed E-state index contributed by atoms with van der Waals surface area (Å²) in [5.41, 5.74) is 0. The Morgan fingerprint density at radius 2 is 2.46 bits per heavy atom. The first-order chi connectivity index (χ1) is 6.25. The molecule has 0 bridgehead atoms. The van der Waals surface area contributed by atoms with Crippen LogP contribution in [0.2, 0.25) is 0 Å². The van der Waals surface area contributed by atoms with Gasteiger partial charge in [-0.15, -0.1) is 0 Å². The fourth-order valence-corrected chi connectivity index (χ4v) is 1.27. The largest absolute Gasteiger partial charge is 0.337 e. The van der Waals surface area contributed by atoms with Gasteiger partial charge in [-0.05, 0) is 19.9 Å². The molecule has 1 atom stereocenters. The number of nitrogens with one attached hydrogen (secondary N) is 1. The first-order valence-corrected chi connectivity index (χ1v) is 4.52. The van der Waals surface area contributed by atoms with E-state index in [1.807, 2.05) is 24.7 Å². The molecule has 0 aliphatic carbocycles. The molecule has 0 amide bonds. The van der Waals surface area contributed by atoms with Crippen LogP contribution in [0.4, 0.5) is 4.39 Å². The van der Waals surface area contributed by atoms with Crippen molar-refractivity contribution in [2.45, 2.75) is 19.4 Å². The van der Waals surface area contributed by atoms with Crippen molar-refractivity contribution in [1.29, 1.82) is 0 Å². The molecular weight excluding hydrogens is 169 g/mol. The van der Waals surface area contributed by atoms with Crippen molar-refractivity contribution in [2.75, 3.05) is 13.2 Å². The molecule has 1 unspecified atom stereocenters. The van der Waals surface area contributed by atoms with Crippen LogP contribution in [0.15, 0.2) is 12.4 Å². The van der Waals surface area contributed by atoms with Gasteiger partial charge in [0.15, 0.2) is 0 Å². The maximum atomic E-state index is 11.8. The lowest BCUT2D eigenvalue weighted by molar-refractivity contribution is 0.439. The van der Waals surface area contributed by atoms with Crippen LogP contribution >= 0.6 is 0 Å². The molecule has 0 spiro atoms. The quantitative estimate of drug-likeness (QED) is 0.703. The highest BCUT2D eigenvalue weighted by atomic mass is 19.1. The van der Waals surface area contributed by atoms with Crippen LogP contribution in [0.25, 0.3) is 0 Å². The molecule has 0 aromatic carbocycles. The third kappa shape index (κ3) is 2.81. The lowest BCUT2D eigenvalue weighted by Crippen LogP contribution is -2.22. The molecule has 1 heterocycles. The van der Waals surface area contributed by atoms with Gasteiger partial charge in [0.25, 0.3) is 0 Å². The predicted octanol–water partition coefficient (Wildman–Crippen LogP) is 1.43. The second-order valence-corrected chi connectivity index (χ2v) is 3.11. The van der Waals surface area contributed by atoms with E-state index < -0.39 is 0 Å². The number of aryl methyl sites for hydroxylation is 1. The van der Waals surface area contributed by atoms with E-state index in [4.69, 9.17) is 0 Å². The molecule has 0 saturated carbocycles. The second kappa shape index (κ2) is 4.97. The minimum atomic E-state index is -0.264. The molecule has 1 rings (SSSR count). The number of hydrogen-bond acceptors (Lipinski definition) is 2. The highest BCUT2D eigenvalue weighted by Gasteiger charge is 2.08. The summed E-state index contributed by atoms with van der Waals surface area (Å²) in [4.78, 5) is 4.20. The van der Waals surface area contributed by atoms with Crippen LogP contribution in [-0.4, -0.2) is 22.8 Å². The molecule has 0 aliphatic rings. The Morgan fingerprint density at radius 3 is 3.00 bits per heavy atom. The number of halogens is 1. The highest BCUT2D eigenvalue weighted by molar-refractivity contribution is 4.96. The zero-order valence-corrected chi connectivity index (χ0v) is 8.13. The zero-order chi connectivity index (χ0) is 9.68. The lowest BCUT2D eigenvalue weighted by atomic mass is 10.3. The summed E-state index contributed by atoms with van der Waals surface area (Å²) in [6.07, 6.45) is 4.24. The summed E-state index contributed by atoms with van der Waals surface area (Å²) in [7, 11) is 1.95. The maximum Gasteiger partial charge on any atom is 0.125 e. The van der Waals surface area contributed by atoms with Gasteiger partial charge in [0.1, 0.15) is 5.82 Å². The number of aromatic nitrogens is 2. The summed E-state index contributed by atoms with van der Waals surface area (Å²) >= 11 is 0. The summed E-state index contributed by atoms with van der Waals surface area (Å²) in [5.74, 6) is 0.985. The van der Waals surface area contributed by atoms with Gasteiger partial charge in [-0.25, -0.2) is 4.98 Å². The van der Waals surface area contributed by atoms with Gasteiger partial charge < -0.3 is 9.88 Å². The first-order valence-electron chi connectivity index (χ1n) is 4.52. The van der Waals surface area contributed by atoms with E-state index in [0.717, 1.165) is 5.82 Å². The fourth-order valence-electron chi connectivity index (χ4n) is 1.27. The molecule has 3 nitrogen and oxygen atoms in total. The van der Waals surface area contributed by atoms with Crippen LogP contribution in [0.5, 0.6) is 0 Å². The van der Waals surface area contributed by atoms with E-state index in [1.54, 1.807) is 6.20 Å². The molecule has 0 fully saturated rings. The Morgan fingerprint density at radius 1 is 1.69 bits per heavy atom. The Kier molecular flexibility index (Phi) is 3.89. The normalized spacial score (nSPS) is 13.2. The van der Waals surface area contributed by atoms with Gasteiger partial charge in [0.2, 0.25) is 0 Å². The molecule has 0 saturated heterocycles. The van der Waals surface area contributed by atoms with E-state index in [-0.39, 0.29) is 12.7 Å². The highest BCUT2D eigenvalue weighted by Crippen LogP contribution is 2.07. The Balaban J connectivity index is 2.39. The zero-order valence-electron chi connectivity index (χ0n) is 8.13. The smallest absolute Gasteiger partial charge is 0.125 e. The van der Waals surface area contributed by atoms with E-state index in [9.17, 15) is 4.39 Å². The van der Waals surface area contributed by atoms with E-state index in [2.05, 4.69) is 10.3 Å². The van der Waals surface area contributed by atoms with Crippen molar-refractivity contribution >= 4 is 0 Å². The van der Waals surface area contributed by atoms with Crippen LogP contribution in [0, 0.1) is 0 Å². The van der Waals surface area contributed by atoms with Crippen LogP contribution < -0.4 is 5.32 Å². The number of rotatable bonds is 5. The van der Waals surface area contributed by atoms with E-state index in [0.29, 0.717) is 13.0 Å². The standard InChI is InChI=1S/C9H16FN3/c1-8(11-5-3-4-10)9-12-6-7-13(9)2/h6-8,11H,3-5H2,1-2H3. The maximum absolute atomic E-state index is 11.8. The van der Waals surface area contributed by atoms with Crippen molar-refractivity contribution < 1.29 is 4.39 Å². The van der Waals surface area contributed by atoms with Crippen LogP contribution in [0.3, 0.4) is 0 Å². The van der Waals surface area contributed by atoms with E-state index >= 15 is 0 Å². The molecule has 0 radical (unpaired) electrons. The van der Waals surface area contributed by atoms with Crippen molar-refractivity contribution in [2.24, 2.45) is 7.05 Å². The molecule has 1 aromatic heterocycles. The average Bonchev–Trinajstić information content (AvgIpc) is 2.52. The molecule has 1 aromatic rings. The van der Waals surface area contributed by atoms with Gasteiger partial charge in [0, 0.05) is 19.4 Å². The molecule has 74 valence electrons. The third-order valence-corrected chi connectivity index (χ3v) is 2.01. The summed E-state index contributed by atoms with van der Waals surface area (Å²) < 4.78 is 13.8. The van der Waals surface area contributed by atoms with Gasteiger partial charge >= 0.3 is 0 Å². The monoisotopic (exact) mass is 185 g/mol. The minimum Gasteiger partial charge on any atom is -0.337 e. The number of hydrogen-bond donors (Lipinski definition) is 1. The Bertz CT molecular complexity index is 247. The average molecular weight is 185 g/mol. The minimum absolute atomic E-state index is 0.187. The lowest BCUT2D eigenvalue weighted by Gasteiger charge is -2.12. The molecule has 13 heavy (non-hydrogen) atoms. The third-order valence-electron chi connectivity index (χ3n) is 2.01. The summed E-state index contributed by atoms with van der Waals surface area (Å²) in [6, 6.07) is 0.187. The molecular formula is C9H16FN3. The van der Waals surface area contributed by atoms with Crippen LogP contribution in [0.1, 0.15) is 25.2 Å². The Hall–Kier alpha value is -0.900. The van der Waals surface area contributed by atoms with Gasteiger partial charge in [-0.2, -0.15) is 0 Å². The Labute approximate surface area is 78.0 Å². The number of nitrogens with zero attached hydrogens (tertiary/aromatic N) is 2. The number of imidazole rings is 1. The van der Waals surface area contributed by atoms with E-state index in [1.165, 1.54) is 0 Å². The summed E-state index contributed by atoms with van der Waals surface area (Å²) in [5, 5.41) is 3.20. The topological polar surface area (TPSA) is 29.9 Å². The van der Waals surface area contributed by atoms with Gasteiger partial charge in [-0.1, -0.05) is 0 Å². The van der Waals surface area contributed by atoms with Crippen molar-refractivity contribution in [3.8, 4) is 0 Å². The van der Waals surface area contributed by atoms with Crippen molar-refractivity contribution in [3.63, 3.8) is 0 Å². The number of alkyl halides is 1. The first kappa shape index (κ1) is 10.2. The predicted molar refractivity (Wildman–Crippen MR) is 50.2 cm³/mol. The van der Waals surface area contributed by atoms with Crippen molar-refractivity contribution in [1.82, 2.24) is 14.9 Å². The molecule has 4 heteroatoms. The van der Waals surface area contributed by atoms with Crippen LogP contribution in [-0.2, 0) is 7.05 Å². The molecule has 0 aliphatic heterocycles. The second-order valence-electron chi connectivity index (χ2n) is 3.11. The fraction of sp³-hybridized carbons (Fsp3) is 0.667. The summed E-state index contributed by atoms with van der Waals surface area (Å²) in [6.45, 7) is 2.46. The SMILES string of the molecule is CC(NCCCF)c1nccn1C. The van der Waals surface area contributed by atoms with Gasteiger partial charge in [-0.3, -0.25) is 4.39 Å². The van der Waals surface area contributed by atoms with Gasteiger partial charge in [0.05, 0.1) is 12.7 Å².